The lowest BCUT2D eigenvalue weighted by molar-refractivity contribution is 0.0698. The van der Waals surface area contributed by atoms with Crippen LogP contribution in [0.25, 0.3) is 10.8 Å². The van der Waals surface area contributed by atoms with Crippen molar-refractivity contribution in [2.45, 2.75) is 26.2 Å². The summed E-state index contributed by atoms with van der Waals surface area (Å²) in [7, 11) is 0. The lowest BCUT2D eigenvalue weighted by atomic mass is 9.70. The number of nitrogens with zero attached hydrogens (tertiary/aromatic N) is 1. The van der Waals surface area contributed by atoms with Crippen molar-refractivity contribution >= 4 is 22.6 Å². The van der Waals surface area contributed by atoms with E-state index in [0.717, 1.165) is 23.1 Å². The molecule has 0 amide bonds. The van der Waals surface area contributed by atoms with E-state index in [1.54, 1.807) is 0 Å². The van der Waals surface area contributed by atoms with Crippen molar-refractivity contribution in [3.63, 3.8) is 0 Å². The first-order valence-corrected chi connectivity index (χ1v) is 6.94. The Bertz CT molecular complexity index is 663. The van der Waals surface area contributed by atoms with Gasteiger partial charge in [0, 0.05) is 23.5 Å². The smallest absolute Gasteiger partial charge is 0.337 e. The molecule has 1 aromatic carbocycles. The van der Waals surface area contributed by atoms with E-state index < -0.39 is 5.97 Å². The fourth-order valence-electron chi connectivity index (χ4n) is 2.76. The standard InChI is InChI=1S/C16H18N2O2/c1-16(7-4-8-16)10-18-14-12-6-3-2-5-11(12)13(9-17-14)15(19)20/h2-3,5-6,9H,4,7-8,10H2,1H3,(H,17,18)(H,19,20). The molecule has 1 fully saturated rings. The summed E-state index contributed by atoms with van der Waals surface area (Å²) < 4.78 is 0. The molecule has 0 unspecified atom stereocenters. The normalized spacial score (nSPS) is 16.6. The molecule has 0 spiro atoms. The van der Waals surface area contributed by atoms with Crippen LogP contribution in [0, 0.1) is 5.41 Å². The van der Waals surface area contributed by atoms with Crippen LogP contribution in [0.3, 0.4) is 0 Å². The number of aromatic nitrogens is 1. The van der Waals surface area contributed by atoms with Gasteiger partial charge in [-0.05, 0) is 18.3 Å². The molecule has 1 aliphatic rings. The molecular weight excluding hydrogens is 252 g/mol. The van der Waals surface area contributed by atoms with Gasteiger partial charge >= 0.3 is 5.97 Å². The molecule has 4 nitrogen and oxygen atoms in total. The number of hydrogen-bond donors (Lipinski definition) is 2. The zero-order valence-electron chi connectivity index (χ0n) is 11.5. The van der Waals surface area contributed by atoms with Crippen molar-refractivity contribution < 1.29 is 9.90 Å². The minimum absolute atomic E-state index is 0.251. The minimum Gasteiger partial charge on any atom is -0.478 e. The molecule has 1 heterocycles. The van der Waals surface area contributed by atoms with Crippen LogP contribution in [0.4, 0.5) is 5.82 Å². The van der Waals surface area contributed by atoms with Gasteiger partial charge in [0.25, 0.3) is 0 Å². The molecule has 20 heavy (non-hydrogen) atoms. The fraction of sp³-hybridized carbons (Fsp3) is 0.375. The molecule has 1 saturated carbocycles. The SMILES string of the molecule is CC1(CNc2ncc(C(=O)O)c3ccccc23)CCC1. The Kier molecular flexibility index (Phi) is 3.08. The second-order valence-corrected chi connectivity index (χ2v) is 5.89. The predicted octanol–water partition coefficient (Wildman–Crippen LogP) is 3.54. The van der Waals surface area contributed by atoms with E-state index in [0.29, 0.717) is 5.41 Å². The lowest BCUT2D eigenvalue weighted by Gasteiger charge is -2.38. The summed E-state index contributed by atoms with van der Waals surface area (Å²) in [4.78, 5) is 15.5. The zero-order valence-corrected chi connectivity index (χ0v) is 11.5. The molecule has 1 aromatic heterocycles. The zero-order chi connectivity index (χ0) is 14.2. The molecule has 0 radical (unpaired) electrons. The molecule has 2 N–H and O–H groups in total. The number of benzene rings is 1. The number of rotatable bonds is 4. The second-order valence-electron chi connectivity index (χ2n) is 5.89. The second kappa shape index (κ2) is 4.78. The molecule has 3 rings (SSSR count). The van der Waals surface area contributed by atoms with Crippen LogP contribution in [0.15, 0.2) is 30.5 Å². The van der Waals surface area contributed by atoms with E-state index in [-0.39, 0.29) is 5.56 Å². The third kappa shape index (κ3) is 2.22. The quantitative estimate of drug-likeness (QED) is 0.892. The molecule has 0 bridgehead atoms. The first kappa shape index (κ1) is 12.9. The first-order chi connectivity index (χ1) is 9.59. The minimum atomic E-state index is -0.939. The van der Waals surface area contributed by atoms with Gasteiger partial charge in [0.2, 0.25) is 0 Å². The molecule has 2 aromatic rings. The number of aromatic carboxylic acids is 1. The lowest BCUT2D eigenvalue weighted by Crippen LogP contribution is -2.33. The Labute approximate surface area is 117 Å². The highest BCUT2D eigenvalue weighted by Gasteiger charge is 2.31. The highest BCUT2D eigenvalue weighted by Crippen LogP contribution is 2.40. The van der Waals surface area contributed by atoms with Gasteiger partial charge in [0.1, 0.15) is 5.82 Å². The van der Waals surface area contributed by atoms with Crippen LogP contribution < -0.4 is 5.32 Å². The number of hydrogen-bond acceptors (Lipinski definition) is 3. The van der Waals surface area contributed by atoms with Gasteiger partial charge in [-0.2, -0.15) is 0 Å². The number of fused-ring (bicyclic) bond motifs is 1. The van der Waals surface area contributed by atoms with E-state index in [2.05, 4.69) is 17.2 Å². The highest BCUT2D eigenvalue weighted by atomic mass is 16.4. The van der Waals surface area contributed by atoms with Crippen molar-refractivity contribution in [2.24, 2.45) is 5.41 Å². The Morgan fingerprint density at radius 3 is 2.65 bits per heavy atom. The summed E-state index contributed by atoms with van der Waals surface area (Å²) in [6.45, 7) is 3.16. The number of pyridine rings is 1. The van der Waals surface area contributed by atoms with Crippen LogP contribution in [-0.4, -0.2) is 22.6 Å². The van der Waals surface area contributed by atoms with Crippen molar-refractivity contribution in [2.75, 3.05) is 11.9 Å². The number of anilines is 1. The van der Waals surface area contributed by atoms with Gasteiger partial charge in [0.05, 0.1) is 5.56 Å². The maximum absolute atomic E-state index is 11.2. The number of nitrogens with one attached hydrogen (secondary N) is 1. The monoisotopic (exact) mass is 270 g/mol. The van der Waals surface area contributed by atoms with Crippen LogP contribution in [0.1, 0.15) is 36.5 Å². The van der Waals surface area contributed by atoms with Crippen molar-refractivity contribution in [1.82, 2.24) is 4.98 Å². The van der Waals surface area contributed by atoms with Crippen molar-refractivity contribution in [3.8, 4) is 0 Å². The first-order valence-electron chi connectivity index (χ1n) is 6.94. The van der Waals surface area contributed by atoms with Crippen LogP contribution in [0.5, 0.6) is 0 Å². The van der Waals surface area contributed by atoms with Gasteiger partial charge < -0.3 is 10.4 Å². The van der Waals surface area contributed by atoms with Gasteiger partial charge in [0.15, 0.2) is 0 Å². The number of carboxylic acids is 1. The maximum Gasteiger partial charge on any atom is 0.337 e. The molecular formula is C16H18N2O2. The summed E-state index contributed by atoms with van der Waals surface area (Å²) in [6.07, 6.45) is 5.22. The average Bonchev–Trinajstić information content (AvgIpc) is 2.42. The molecule has 104 valence electrons. The molecule has 1 aliphatic carbocycles. The van der Waals surface area contributed by atoms with E-state index in [1.807, 2.05) is 24.3 Å². The maximum atomic E-state index is 11.2. The summed E-state index contributed by atoms with van der Waals surface area (Å²) in [6, 6.07) is 7.51. The van der Waals surface area contributed by atoms with E-state index >= 15 is 0 Å². The highest BCUT2D eigenvalue weighted by molar-refractivity contribution is 6.06. The van der Waals surface area contributed by atoms with Gasteiger partial charge in [-0.3, -0.25) is 0 Å². The van der Waals surface area contributed by atoms with Gasteiger partial charge in [-0.1, -0.05) is 37.6 Å². The third-order valence-corrected chi connectivity index (χ3v) is 4.27. The van der Waals surface area contributed by atoms with Gasteiger partial charge in [-0.25, -0.2) is 9.78 Å². The molecule has 4 heteroatoms. The molecule has 0 saturated heterocycles. The van der Waals surface area contributed by atoms with Gasteiger partial charge in [-0.15, -0.1) is 0 Å². The fourth-order valence-corrected chi connectivity index (χ4v) is 2.76. The topological polar surface area (TPSA) is 62.2 Å². The van der Waals surface area contributed by atoms with Crippen LogP contribution in [-0.2, 0) is 0 Å². The Morgan fingerprint density at radius 2 is 2.05 bits per heavy atom. The Morgan fingerprint density at radius 1 is 1.35 bits per heavy atom. The summed E-state index contributed by atoms with van der Waals surface area (Å²) in [5.74, 6) is -0.162. The number of carboxylic acid groups (broad SMARTS) is 1. The molecule has 0 aliphatic heterocycles. The number of carbonyl (C=O) groups is 1. The predicted molar refractivity (Wildman–Crippen MR) is 79.2 cm³/mol. The van der Waals surface area contributed by atoms with E-state index in [9.17, 15) is 9.90 Å². The Hall–Kier alpha value is -2.10. The largest absolute Gasteiger partial charge is 0.478 e. The summed E-state index contributed by atoms with van der Waals surface area (Å²) in [5.41, 5.74) is 0.606. The summed E-state index contributed by atoms with van der Waals surface area (Å²) in [5, 5.41) is 14.2. The summed E-state index contributed by atoms with van der Waals surface area (Å²) >= 11 is 0. The van der Waals surface area contributed by atoms with Crippen LogP contribution >= 0.6 is 0 Å². The molecule has 0 atom stereocenters. The van der Waals surface area contributed by atoms with Crippen molar-refractivity contribution in [3.05, 3.63) is 36.0 Å². The van der Waals surface area contributed by atoms with Crippen molar-refractivity contribution in [1.29, 1.82) is 0 Å². The van der Waals surface area contributed by atoms with Crippen LogP contribution in [0.2, 0.25) is 0 Å². The third-order valence-electron chi connectivity index (χ3n) is 4.27. The average molecular weight is 270 g/mol. The van der Waals surface area contributed by atoms with E-state index in [4.69, 9.17) is 0 Å². The Balaban J connectivity index is 1.95. The van der Waals surface area contributed by atoms with E-state index in [1.165, 1.54) is 25.5 Å².